The first-order valence-corrected chi connectivity index (χ1v) is 9.63. The van der Waals surface area contributed by atoms with Gasteiger partial charge in [0.1, 0.15) is 0 Å². The number of para-hydroxylation sites is 1. The maximum absolute atomic E-state index is 12.7. The second kappa shape index (κ2) is 10.8. The van der Waals surface area contributed by atoms with Crippen molar-refractivity contribution >= 4 is 29.9 Å². The first-order chi connectivity index (χ1) is 13.2. The number of likely N-dealkylation sites (tertiary alicyclic amines) is 1. The minimum Gasteiger partial charge on any atom is -0.339 e. The summed E-state index contributed by atoms with van der Waals surface area (Å²) in [5, 5.41) is 6.38. The molecule has 0 aliphatic carbocycles. The number of anilines is 1. The van der Waals surface area contributed by atoms with Crippen LogP contribution in [0, 0.1) is 5.92 Å². The average Bonchev–Trinajstić information content (AvgIpc) is 2.73. The molecule has 6 heteroatoms. The van der Waals surface area contributed by atoms with E-state index in [1.54, 1.807) is 0 Å². The van der Waals surface area contributed by atoms with E-state index in [9.17, 15) is 9.59 Å². The molecule has 2 aromatic rings. The summed E-state index contributed by atoms with van der Waals surface area (Å²) in [5.74, 6) is 0.0354. The molecule has 1 fully saturated rings. The molecule has 3 rings (SSSR count). The van der Waals surface area contributed by atoms with Gasteiger partial charge in [0.2, 0.25) is 5.91 Å². The van der Waals surface area contributed by atoms with Gasteiger partial charge in [-0.3, -0.25) is 9.59 Å². The lowest BCUT2D eigenvalue weighted by atomic mass is 9.95. The summed E-state index contributed by atoms with van der Waals surface area (Å²) in [6.45, 7) is 4.91. The molecule has 1 aliphatic rings. The zero-order valence-electron chi connectivity index (χ0n) is 16.2. The Morgan fingerprint density at radius 2 is 1.64 bits per heavy atom. The van der Waals surface area contributed by atoms with E-state index in [-0.39, 0.29) is 30.1 Å². The van der Waals surface area contributed by atoms with Crippen molar-refractivity contribution < 1.29 is 9.59 Å². The first kappa shape index (κ1) is 21.9. The summed E-state index contributed by atoms with van der Waals surface area (Å²) >= 11 is 0. The van der Waals surface area contributed by atoms with E-state index in [1.807, 2.05) is 59.5 Å². The molecule has 0 spiro atoms. The number of amides is 2. The third-order valence-corrected chi connectivity index (χ3v) is 5.01. The zero-order chi connectivity index (χ0) is 19.1. The van der Waals surface area contributed by atoms with E-state index < -0.39 is 0 Å². The number of benzene rings is 2. The van der Waals surface area contributed by atoms with Crippen molar-refractivity contribution in [3.8, 4) is 0 Å². The second-order valence-electron chi connectivity index (χ2n) is 6.86. The zero-order valence-corrected chi connectivity index (χ0v) is 17.0. The van der Waals surface area contributed by atoms with E-state index in [0.29, 0.717) is 31.5 Å². The Balaban J connectivity index is 0.00000280. The van der Waals surface area contributed by atoms with Gasteiger partial charge >= 0.3 is 0 Å². The first-order valence-electron chi connectivity index (χ1n) is 9.63. The molecule has 1 aliphatic heterocycles. The Bertz CT molecular complexity index is 774. The van der Waals surface area contributed by atoms with Gasteiger partial charge in [-0.25, -0.2) is 0 Å². The molecule has 0 atom stereocenters. The molecule has 150 valence electrons. The molecular formula is C22H28ClN3O2. The number of nitrogens with zero attached hydrogens (tertiary/aromatic N) is 1. The van der Waals surface area contributed by atoms with Gasteiger partial charge < -0.3 is 15.5 Å². The van der Waals surface area contributed by atoms with E-state index >= 15 is 0 Å². The maximum Gasteiger partial charge on any atom is 0.253 e. The monoisotopic (exact) mass is 401 g/mol. The predicted octanol–water partition coefficient (Wildman–Crippen LogP) is 3.71. The van der Waals surface area contributed by atoms with E-state index in [2.05, 4.69) is 17.6 Å². The van der Waals surface area contributed by atoms with Crippen molar-refractivity contribution in [2.75, 3.05) is 25.0 Å². The number of hydrogen-bond acceptors (Lipinski definition) is 3. The van der Waals surface area contributed by atoms with Gasteiger partial charge in [0.25, 0.3) is 5.91 Å². The van der Waals surface area contributed by atoms with Crippen LogP contribution in [0.1, 0.15) is 35.7 Å². The highest BCUT2D eigenvalue weighted by atomic mass is 35.5. The lowest BCUT2D eigenvalue weighted by molar-refractivity contribution is -0.121. The number of hydrogen-bond donors (Lipinski definition) is 2. The molecule has 5 nitrogen and oxygen atoms in total. The van der Waals surface area contributed by atoms with Crippen molar-refractivity contribution in [2.45, 2.75) is 26.3 Å². The summed E-state index contributed by atoms with van der Waals surface area (Å²) < 4.78 is 0. The number of halogens is 1. The number of piperidine rings is 1. The average molecular weight is 402 g/mol. The minimum absolute atomic E-state index is 0. The normalized spacial score (nSPS) is 14.2. The highest BCUT2D eigenvalue weighted by molar-refractivity contribution is 5.95. The van der Waals surface area contributed by atoms with Crippen LogP contribution in [0.15, 0.2) is 54.6 Å². The Morgan fingerprint density at radius 3 is 2.32 bits per heavy atom. The highest BCUT2D eigenvalue weighted by Crippen LogP contribution is 2.22. The fraction of sp³-hybridized carbons (Fsp3) is 0.364. The van der Waals surface area contributed by atoms with Crippen LogP contribution in [0.2, 0.25) is 0 Å². The second-order valence-corrected chi connectivity index (χ2v) is 6.86. The molecule has 1 heterocycles. The molecule has 0 unspecified atom stereocenters. The topological polar surface area (TPSA) is 61.4 Å². The summed E-state index contributed by atoms with van der Waals surface area (Å²) in [7, 11) is 0. The van der Waals surface area contributed by atoms with Crippen molar-refractivity contribution in [1.82, 2.24) is 10.2 Å². The Labute approximate surface area is 172 Å². The van der Waals surface area contributed by atoms with Crippen LogP contribution in [0.25, 0.3) is 0 Å². The largest absolute Gasteiger partial charge is 0.339 e. The molecule has 1 saturated heterocycles. The number of nitrogens with one attached hydrogen (secondary N) is 2. The van der Waals surface area contributed by atoms with Gasteiger partial charge in [0.15, 0.2) is 0 Å². The van der Waals surface area contributed by atoms with Crippen LogP contribution < -0.4 is 10.6 Å². The van der Waals surface area contributed by atoms with Gasteiger partial charge in [0.05, 0.1) is 0 Å². The number of rotatable bonds is 6. The summed E-state index contributed by atoms with van der Waals surface area (Å²) in [6, 6.07) is 17.2. The Hall–Kier alpha value is -2.37. The quantitative estimate of drug-likeness (QED) is 0.775. The van der Waals surface area contributed by atoms with E-state index in [1.165, 1.54) is 0 Å². The van der Waals surface area contributed by atoms with Crippen LogP contribution in [0.3, 0.4) is 0 Å². The van der Waals surface area contributed by atoms with Crippen LogP contribution in [0.5, 0.6) is 0 Å². The highest BCUT2D eigenvalue weighted by Gasteiger charge is 2.28. The lowest BCUT2D eigenvalue weighted by Crippen LogP contribution is -2.41. The fourth-order valence-electron chi connectivity index (χ4n) is 3.40. The van der Waals surface area contributed by atoms with Gasteiger partial charge in [-0.2, -0.15) is 0 Å². The SMILES string of the molecule is CCNCc1ccccc1NC(=O)C1CCN(C(=O)c2ccccc2)CC1.Cl. The molecule has 2 amide bonds. The Morgan fingerprint density at radius 1 is 1.00 bits per heavy atom. The standard InChI is InChI=1S/C22H27N3O2.ClH/c1-2-23-16-19-10-6-7-11-20(19)24-21(26)17-12-14-25(15-13-17)22(27)18-8-4-3-5-9-18;/h3-11,17,23H,2,12-16H2,1H3,(H,24,26);1H. The fourth-order valence-corrected chi connectivity index (χ4v) is 3.40. The molecule has 0 saturated carbocycles. The minimum atomic E-state index is -0.0583. The molecule has 28 heavy (non-hydrogen) atoms. The summed E-state index contributed by atoms with van der Waals surface area (Å²) in [6.07, 6.45) is 1.39. The summed E-state index contributed by atoms with van der Waals surface area (Å²) in [5.41, 5.74) is 2.66. The van der Waals surface area contributed by atoms with Crippen LogP contribution in [0.4, 0.5) is 5.69 Å². The molecule has 0 radical (unpaired) electrons. The van der Waals surface area contributed by atoms with Crippen molar-refractivity contribution in [1.29, 1.82) is 0 Å². The molecule has 0 aromatic heterocycles. The molecule has 0 bridgehead atoms. The van der Waals surface area contributed by atoms with Gasteiger partial charge in [-0.05, 0) is 43.1 Å². The third-order valence-electron chi connectivity index (χ3n) is 5.01. The molecule has 2 N–H and O–H groups in total. The third kappa shape index (κ3) is 5.57. The predicted molar refractivity (Wildman–Crippen MR) is 115 cm³/mol. The molecular weight excluding hydrogens is 374 g/mol. The summed E-state index contributed by atoms with van der Waals surface area (Å²) in [4.78, 5) is 27.1. The van der Waals surface area contributed by atoms with Crippen molar-refractivity contribution in [2.24, 2.45) is 5.92 Å². The van der Waals surface area contributed by atoms with Crippen LogP contribution in [-0.4, -0.2) is 36.3 Å². The van der Waals surface area contributed by atoms with Crippen molar-refractivity contribution in [3.05, 3.63) is 65.7 Å². The van der Waals surface area contributed by atoms with Crippen molar-refractivity contribution in [3.63, 3.8) is 0 Å². The van der Waals surface area contributed by atoms with Gasteiger partial charge in [0, 0.05) is 36.8 Å². The van der Waals surface area contributed by atoms with Gasteiger partial charge in [-0.1, -0.05) is 43.3 Å². The number of carbonyl (C=O) groups excluding carboxylic acids is 2. The van der Waals surface area contributed by atoms with Crippen LogP contribution >= 0.6 is 12.4 Å². The van der Waals surface area contributed by atoms with E-state index in [4.69, 9.17) is 0 Å². The Kier molecular flexibility index (Phi) is 8.48. The molecule has 2 aromatic carbocycles. The van der Waals surface area contributed by atoms with Crippen LogP contribution in [-0.2, 0) is 11.3 Å². The van der Waals surface area contributed by atoms with Gasteiger partial charge in [-0.15, -0.1) is 12.4 Å². The lowest BCUT2D eigenvalue weighted by Gasteiger charge is -2.31. The maximum atomic E-state index is 12.7. The number of carbonyl (C=O) groups is 2. The van der Waals surface area contributed by atoms with E-state index in [0.717, 1.165) is 24.3 Å². The smallest absolute Gasteiger partial charge is 0.253 e.